The fourth-order valence-electron chi connectivity index (χ4n) is 6.32. The predicted molar refractivity (Wildman–Crippen MR) is 161 cm³/mol. The molecule has 0 radical (unpaired) electrons. The predicted octanol–water partition coefficient (Wildman–Crippen LogP) is 2.28. The van der Waals surface area contributed by atoms with Crippen LogP contribution in [0.25, 0.3) is 0 Å². The lowest BCUT2D eigenvalue weighted by Crippen LogP contribution is -2.50. The zero-order chi connectivity index (χ0) is 30.1. The Morgan fingerprint density at radius 2 is 2.02 bits per heavy atom. The molecule has 0 unspecified atom stereocenters. The van der Waals surface area contributed by atoms with E-state index in [0.29, 0.717) is 43.0 Å². The molecule has 1 spiro atoms. The number of ether oxygens (including phenoxy) is 2. The van der Waals surface area contributed by atoms with Crippen LogP contribution < -0.4 is 21.1 Å². The summed E-state index contributed by atoms with van der Waals surface area (Å²) in [6.45, 7) is 2.81. The van der Waals surface area contributed by atoms with Gasteiger partial charge in [0.1, 0.15) is 12.2 Å². The summed E-state index contributed by atoms with van der Waals surface area (Å²) in [5, 5.41) is 38.6. The first kappa shape index (κ1) is 31.7. The minimum absolute atomic E-state index is 0.0116. The van der Waals surface area contributed by atoms with Gasteiger partial charge in [0, 0.05) is 32.7 Å². The molecule has 10 nitrogen and oxygen atoms in total. The number of allylic oxidation sites excluding steroid dienone is 1. The van der Waals surface area contributed by atoms with Crippen molar-refractivity contribution in [2.75, 3.05) is 20.1 Å². The molecule has 4 rings (SSSR count). The van der Waals surface area contributed by atoms with Crippen LogP contribution in [0.1, 0.15) is 69.4 Å². The number of carbonyl (C=O) groups is 1. The molecule has 0 aromatic heterocycles. The maximum Gasteiger partial charge on any atom is 0.302 e. The minimum atomic E-state index is -0.701. The fraction of sp³-hybridized carbons (Fsp3) is 0.625. The highest BCUT2D eigenvalue weighted by Gasteiger charge is 2.39. The second-order valence-electron chi connectivity index (χ2n) is 11.7. The molecule has 3 aliphatic rings. The molecule has 7 N–H and O–H groups in total. The number of hydrogen-bond acceptors (Lipinski definition) is 8. The van der Waals surface area contributed by atoms with Gasteiger partial charge in [-0.1, -0.05) is 18.1 Å². The molecule has 2 aliphatic carbocycles. The molecule has 1 heterocycles. The van der Waals surface area contributed by atoms with Crippen LogP contribution in [0.15, 0.2) is 29.3 Å². The van der Waals surface area contributed by atoms with Crippen molar-refractivity contribution in [2.24, 2.45) is 22.1 Å². The number of nitrogens with one attached hydrogen (secondary N) is 2. The second kappa shape index (κ2) is 14.8. The lowest BCUT2D eigenvalue weighted by molar-refractivity contribution is -0.151. The van der Waals surface area contributed by atoms with E-state index in [1.54, 1.807) is 19.2 Å². The number of hydrogen-bond donors (Lipinski definition) is 6. The van der Waals surface area contributed by atoms with Gasteiger partial charge in [0.15, 0.2) is 17.5 Å². The molecule has 1 aromatic rings. The number of esters is 1. The summed E-state index contributed by atoms with van der Waals surface area (Å²) in [5.74, 6) is 7.00. The minimum Gasteiger partial charge on any atom is -0.504 e. The van der Waals surface area contributed by atoms with Gasteiger partial charge in [-0.2, -0.15) is 0 Å². The van der Waals surface area contributed by atoms with Gasteiger partial charge in [-0.15, -0.1) is 5.92 Å². The molecular formula is C32H46N4O6. The number of phenols is 1. The fourth-order valence-corrected chi connectivity index (χ4v) is 6.32. The van der Waals surface area contributed by atoms with E-state index in [2.05, 4.69) is 39.6 Å². The monoisotopic (exact) mass is 582 g/mol. The van der Waals surface area contributed by atoms with E-state index in [4.69, 9.17) is 15.2 Å². The van der Waals surface area contributed by atoms with Gasteiger partial charge < -0.3 is 41.2 Å². The molecule has 0 saturated carbocycles. The lowest BCUT2D eigenvalue weighted by Gasteiger charge is -2.39. The first-order chi connectivity index (χ1) is 20.2. The van der Waals surface area contributed by atoms with Crippen molar-refractivity contribution in [3.05, 3.63) is 35.4 Å². The molecule has 1 aromatic carbocycles. The zero-order valence-electron chi connectivity index (χ0n) is 24.8. The number of carbonyl (C=O) groups excluding carboxylic acids is 1. The van der Waals surface area contributed by atoms with Crippen LogP contribution in [0.3, 0.4) is 0 Å². The Labute approximate surface area is 248 Å². The molecule has 230 valence electrons. The Morgan fingerprint density at radius 3 is 2.74 bits per heavy atom. The Bertz CT molecular complexity index is 1200. The number of aliphatic hydroxyl groups excluding tert-OH is 2. The molecule has 5 atom stereocenters. The van der Waals surface area contributed by atoms with Crippen LogP contribution >= 0.6 is 0 Å². The Balaban J connectivity index is 1.66. The van der Waals surface area contributed by atoms with E-state index in [1.165, 1.54) is 6.92 Å². The summed E-state index contributed by atoms with van der Waals surface area (Å²) < 4.78 is 12.0. The van der Waals surface area contributed by atoms with E-state index in [-0.39, 0.29) is 36.8 Å². The van der Waals surface area contributed by atoms with Gasteiger partial charge in [-0.25, -0.2) is 0 Å². The van der Waals surface area contributed by atoms with Gasteiger partial charge in [0.25, 0.3) is 0 Å². The Kier molecular flexibility index (Phi) is 11.1. The number of nitrogens with zero attached hydrogens (tertiary/aromatic N) is 1. The summed E-state index contributed by atoms with van der Waals surface area (Å²) in [5.41, 5.74) is 6.96. The summed E-state index contributed by atoms with van der Waals surface area (Å²) >= 11 is 0. The molecule has 0 amide bonds. The maximum atomic E-state index is 12.2. The number of piperidine rings is 1. The molecule has 1 saturated heterocycles. The van der Waals surface area contributed by atoms with Crippen molar-refractivity contribution in [1.29, 1.82) is 0 Å². The van der Waals surface area contributed by atoms with Crippen molar-refractivity contribution in [3.8, 4) is 23.3 Å². The quantitative estimate of drug-likeness (QED) is 0.0933. The van der Waals surface area contributed by atoms with Crippen LogP contribution in [0.5, 0.6) is 11.5 Å². The van der Waals surface area contributed by atoms with E-state index in [1.807, 2.05) is 0 Å². The summed E-state index contributed by atoms with van der Waals surface area (Å²) in [7, 11) is 1.64. The summed E-state index contributed by atoms with van der Waals surface area (Å²) in [6, 6.07) is 3.19. The maximum absolute atomic E-state index is 12.2. The number of aromatic hydroxyl groups is 1. The van der Waals surface area contributed by atoms with E-state index < -0.39 is 23.6 Å². The van der Waals surface area contributed by atoms with Crippen molar-refractivity contribution >= 4 is 11.9 Å². The largest absolute Gasteiger partial charge is 0.504 e. The van der Waals surface area contributed by atoms with Crippen molar-refractivity contribution < 1.29 is 29.6 Å². The number of aliphatic imine (C=N–C) groups is 1. The third kappa shape index (κ3) is 8.18. The lowest BCUT2D eigenvalue weighted by atomic mass is 9.69. The van der Waals surface area contributed by atoms with Crippen LogP contribution in [0.2, 0.25) is 0 Å². The van der Waals surface area contributed by atoms with Crippen molar-refractivity contribution in [2.45, 2.75) is 95.7 Å². The van der Waals surface area contributed by atoms with Crippen molar-refractivity contribution in [3.63, 3.8) is 0 Å². The van der Waals surface area contributed by atoms with Crippen LogP contribution in [-0.2, 0) is 22.6 Å². The molecule has 1 fully saturated rings. The molecular weight excluding hydrogens is 536 g/mol. The standard InChI is InChI=1S/C32H46N4O6/c1-21(38)41-28-19-25(39)8-13-32(11-4-3-7-30(32)36-31(33)34-2)12-5-6-22(28)16-23-18-29(27(40)17-24(23)20-37)42-26-9-14-35-15-10-26/h3,7,17-18,22,25-26,28,30,35,37,39-40H,4,6,8-11,13-16,19-20H2,1-2H3,(H3,33,34,36)/t22-,25+,28-,30-,32-/m1/s1. The van der Waals surface area contributed by atoms with Crippen LogP contribution in [0, 0.1) is 23.2 Å². The number of rotatable bonds is 7. The number of phenolic OH excluding ortho intramolecular Hbond substituents is 1. The molecule has 1 aliphatic heterocycles. The van der Waals surface area contributed by atoms with Crippen LogP contribution in [-0.4, -0.2) is 71.7 Å². The third-order valence-electron chi connectivity index (χ3n) is 8.71. The van der Waals surface area contributed by atoms with Gasteiger partial charge in [0.05, 0.1) is 24.2 Å². The van der Waals surface area contributed by atoms with E-state index >= 15 is 0 Å². The Morgan fingerprint density at radius 1 is 1.24 bits per heavy atom. The highest BCUT2D eigenvalue weighted by molar-refractivity contribution is 5.78. The van der Waals surface area contributed by atoms with Gasteiger partial charge in [-0.05, 0) is 81.3 Å². The average Bonchev–Trinajstić information content (AvgIpc) is 2.97. The molecule has 10 heteroatoms. The number of guanidine groups is 1. The Hall–Kier alpha value is -3.26. The second-order valence-corrected chi connectivity index (χ2v) is 11.7. The molecule has 0 bridgehead atoms. The van der Waals surface area contributed by atoms with Crippen LogP contribution in [0.4, 0.5) is 0 Å². The first-order valence-corrected chi connectivity index (χ1v) is 15.1. The smallest absolute Gasteiger partial charge is 0.302 e. The normalized spacial score (nSPS) is 28.9. The topological polar surface area (TPSA) is 159 Å². The first-order valence-electron chi connectivity index (χ1n) is 15.1. The number of nitrogens with two attached hydrogens (primary N) is 1. The number of benzene rings is 1. The van der Waals surface area contributed by atoms with Gasteiger partial charge in [-0.3, -0.25) is 9.79 Å². The molecule has 42 heavy (non-hydrogen) atoms. The third-order valence-corrected chi connectivity index (χ3v) is 8.71. The SMILES string of the molecule is CN=C(N)N[C@@H]1C=CCC[C@]12C#CC[C@H](Cc1cc(OC3CCNCC3)c(O)cc1CO)[C@H](OC(C)=O)C[C@@H](O)CC2. The van der Waals surface area contributed by atoms with Gasteiger partial charge >= 0.3 is 5.97 Å². The summed E-state index contributed by atoms with van der Waals surface area (Å²) in [4.78, 5) is 16.2. The van der Waals surface area contributed by atoms with E-state index in [9.17, 15) is 20.1 Å². The highest BCUT2D eigenvalue weighted by atomic mass is 16.5. The summed E-state index contributed by atoms with van der Waals surface area (Å²) in [6.07, 6.45) is 8.54. The van der Waals surface area contributed by atoms with E-state index in [0.717, 1.165) is 44.3 Å². The zero-order valence-corrected chi connectivity index (χ0v) is 24.8. The number of aliphatic hydroxyl groups is 2. The highest BCUT2D eigenvalue weighted by Crippen LogP contribution is 2.40. The van der Waals surface area contributed by atoms with Gasteiger partial charge in [0.2, 0.25) is 0 Å². The van der Waals surface area contributed by atoms with Crippen molar-refractivity contribution in [1.82, 2.24) is 10.6 Å². The average molecular weight is 583 g/mol.